The van der Waals surface area contributed by atoms with Crippen LogP contribution >= 0.6 is 0 Å². The number of rotatable bonds is 2. The van der Waals surface area contributed by atoms with Gasteiger partial charge in [0.25, 0.3) is 6.43 Å². The van der Waals surface area contributed by atoms with E-state index >= 15 is 0 Å². The summed E-state index contributed by atoms with van der Waals surface area (Å²) in [6, 6.07) is 5.28. The molecule has 0 aliphatic carbocycles. The lowest BCUT2D eigenvalue weighted by Gasteiger charge is -1.99. The Labute approximate surface area is 87.3 Å². The van der Waals surface area contributed by atoms with E-state index in [-0.39, 0.29) is 5.69 Å². The van der Waals surface area contributed by atoms with Crippen molar-refractivity contribution in [1.29, 1.82) is 0 Å². The fraction of sp³-hybridized carbons (Fsp3) is 0.111. The molecule has 0 atom stereocenters. The molecule has 0 saturated carbocycles. The van der Waals surface area contributed by atoms with Crippen molar-refractivity contribution in [3.05, 3.63) is 46.4 Å². The van der Waals surface area contributed by atoms with Gasteiger partial charge in [-0.15, -0.1) is 5.10 Å². The fourth-order valence-corrected chi connectivity index (χ4v) is 1.23. The van der Waals surface area contributed by atoms with Crippen molar-refractivity contribution in [3.63, 3.8) is 0 Å². The lowest BCUT2D eigenvalue weighted by molar-refractivity contribution is 0.140. The minimum Gasteiger partial charge on any atom is -0.288 e. The Bertz CT molecular complexity index is 561. The molecule has 0 aliphatic heterocycles. The molecule has 84 valence electrons. The number of para-hydroxylation sites is 1. The molecule has 0 amide bonds. The molecule has 1 aromatic carbocycles. The summed E-state index contributed by atoms with van der Waals surface area (Å²) in [7, 11) is 0. The van der Waals surface area contributed by atoms with Crippen LogP contribution in [0.2, 0.25) is 0 Å². The monoisotopic (exact) mass is 229 g/mol. The molecule has 0 aliphatic rings. The zero-order valence-electron chi connectivity index (χ0n) is 7.82. The lowest BCUT2D eigenvalue weighted by Crippen LogP contribution is -2.17. The minimum absolute atomic E-state index is 0.171. The van der Waals surface area contributed by atoms with Crippen LogP contribution in [0.25, 0.3) is 5.69 Å². The van der Waals surface area contributed by atoms with E-state index in [1.807, 2.05) is 4.98 Å². The molecular weight excluding hydrogens is 223 g/mol. The third kappa shape index (κ3) is 1.71. The van der Waals surface area contributed by atoms with Gasteiger partial charge in [-0.05, 0) is 12.1 Å². The van der Waals surface area contributed by atoms with Gasteiger partial charge in [0.1, 0.15) is 11.5 Å². The van der Waals surface area contributed by atoms with Crippen LogP contribution in [0.1, 0.15) is 12.2 Å². The van der Waals surface area contributed by atoms with Crippen LogP contribution < -0.4 is 5.69 Å². The quantitative estimate of drug-likeness (QED) is 0.850. The lowest BCUT2D eigenvalue weighted by atomic mass is 10.3. The molecule has 1 N–H and O–H groups in total. The van der Waals surface area contributed by atoms with Crippen molar-refractivity contribution in [2.75, 3.05) is 0 Å². The van der Waals surface area contributed by atoms with Gasteiger partial charge in [-0.25, -0.2) is 18.0 Å². The second kappa shape index (κ2) is 3.84. The molecule has 1 aromatic heterocycles. The van der Waals surface area contributed by atoms with Crippen molar-refractivity contribution in [1.82, 2.24) is 14.8 Å². The molecular formula is C9H6F3N3O. The van der Waals surface area contributed by atoms with Crippen molar-refractivity contribution >= 4 is 0 Å². The number of alkyl halides is 2. The van der Waals surface area contributed by atoms with Gasteiger partial charge < -0.3 is 0 Å². The summed E-state index contributed by atoms with van der Waals surface area (Å²) in [5, 5.41) is 3.30. The van der Waals surface area contributed by atoms with Gasteiger partial charge in [0, 0.05) is 0 Å². The van der Waals surface area contributed by atoms with Crippen LogP contribution in [0.4, 0.5) is 13.2 Å². The standard InChI is InChI=1S/C9H6F3N3O/c10-5-3-1-2-4-6(5)15-9(16)13-8(14-15)7(11)12/h1-4,7H,(H,13,14,16). The number of hydrogen-bond donors (Lipinski definition) is 1. The Morgan fingerprint density at radius 3 is 2.56 bits per heavy atom. The maximum Gasteiger partial charge on any atom is 0.348 e. The maximum absolute atomic E-state index is 13.3. The number of benzene rings is 1. The summed E-state index contributed by atoms with van der Waals surface area (Å²) in [5.41, 5.74) is -1.07. The zero-order valence-corrected chi connectivity index (χ0v) is 7.82. The number of nitrogens with zero attached hydrogens (tertiary/aromatic N) is 2. The molecule has 16 heavy (non-hydrogen) atoms. The molecule has 2 aromatic rings. The average molecular weight is 229 g/mol. The normalized spacial score (nSPS) is 11.0. The summed E-state index contributed by atoms with van der Waals surface area (Å²) in [5.74, 6) is -1.50. The number of nitrogens with one attached hydrogen (secondary N) is 1. The molecule has 0 fully saturated rings. The largest absolute Gasteiger partial charge is 0.348 e. The van der Waals surface area contributed by atoms with E-state index in [1.165, 1.54) is 18.2 Å². The van der Waals surface area contributed by atoms with Crippen LogP contribution in [-0.2, 0) is 0 Å². The second-order valence-corrected chi connectivity index (χ2v) is 2.98. The van der Waals surface area contributed by atoms with Crippen LogP contribution in [0.15, 0.2) is 29.1 Å². The Morgan fingerprint density at radius 2 is 2.00 bits per heavy atom. The molecule has 7 heteroatoms. The minimum atomic E-state index is -2.90. The topological polar surface area (TPSA) is 50.7 Å². The maximum atomic E-state index is 13.3. The Balaban J connectivity index is 2.57. The summed E-state index contributed by atoms with van der Waals surface area (Å²) in [6.07, 6.45) is -2.90. The van der Waals surface area contributed by atoms with E-state index in [1.54, 1.807) is 0 Å². The van der Waals surface area contributed by atoms with Crippen LogP contribution in [-0.4, -0.2) is 14.8 Å². The number of hydrogen-bond acceptors (Lipinski definition) is 2. The number of aromatic amines is 1. The smallest absolute Gasteiger partial charge is 0.288 e. The molecule has 0 spiro atoms. The highest BCUT2D eigenvalue weighted by Gasteiger charge is 2.16. The van der Waals surface area contributed by atoms with Crippen LogP contribution in [0.3, 0.4) is 0 Å². The number of halogens is 3. The molecule has 0 bridgehead atoms. The predicted octanol–water partition coefficient (Wildman–Crippen LogP) is 1.64. The van der Waals surface area contributed by atoms with E-state index in [0.29, 0.717) is 4.68 Å². The second-order valence-electron chi connectivity index (χ2n) is 2.98. The van der Waals surface area contributed by atoms with E-state index in [4.69, 9.17) is 0 Å². The van der Waals surface area contributed by atoms with Crippen molar-refractivity contribution in [2.45, 2.75) is 6.43 Å². The van der Waals surface area contributed by atoms with Crippen molar-refractivity contribution in [2.24, 2.45) is 0 Å². The average Bonchev–Trinajstić information content (AvgIpc) is 2.61. The molecule has 0 saturated heterocycles. The first-order valence-corrected chi connectivity index (χ1v) is 4.32. The summed E-state index contributed by atoms with van der Waals surface area (Å²) >= 11 is 0. The van der Waals surface area contributed by atoms with Gasteiger partial charge >= 0.3 is 5.69 Å². The van der Waals surface area contributed by atoms with Crippen molar-refractivity contribution < 1.29 is 13.2 Å². The molecule has 0 unspecified atom stereocenters. The fourth-order valence-electron chi connectivity index (χ4n) is 1.23. The summed E-state index contributed by atoms with van der Waals surface area (Å²) in [4.78, 5) is 13.1. The highest BCUT2D eigenvalue weighted by Crippen LogP contribution is 2.14. The Morgan fingerprint density at radius 1 is 1.31 bits per heavy atom. The van der Waals surface area contributed by atoms with Crippen LogP contribution in [0, 0.1) is 5.82 Å². The van der Waals surface area contributed by atoms with E-state index < -0.39 is 23.8 Å². The third-order valence-corrected chi connectivity index (χ3v) is 1.92. The molecule has 4 nitrogen and oxygen atoms in total. The van der Waals surface area contributed by atoms with Gasteiger partial charge in [-0.1, -0.05) is 12.1 Å². The molecule has 1 heterocycles. The third-order valence-electron chi connectivity index (χ3n) is 1.92. The highest BCUT2D eigenvalue weighted by molar-refractivity contribution is 5.31. The SMILES string of the molecule is O=c1[nH]c(C(F)F)nn1-c1ccccc1F. The molecule has 0 radical (unpaired) electrons. The van der Waals surface area contributed by atoms with Gasteiger partial charge in [-0.2, -0.15) is 4.68 Å². The van der Waals surface area contributed by atoms with Gasteiger partial charge in [0.2, 0.25) is 0 Å². The summed E-state index contributed by atoms with van der Waals surface area (Å²) in [6.45, 7) is 0. The first-order valence-electron chi connectivity index (χ1n) is 4.32. The first-order chi connectivity index (χ1) is 7.59. The Hall–Kier alpha value is -2.05. The van der Waals surface area contributed by atoms with Crippen molar-refractivity contribution in [3.8, 4) is 5.69 Å². The van der Waals surface area contributed by atoms with Gasteiger partial charge in [-0.3, -0.25) is 4.98 Å². The Kier molecular flexibility index (Phi) is 2.51. The van der Waals surface area contributed by atoms with Crippen LogP contribution in [0.5, 0.6) is 0 Å². The zero-order chi connectivity index (χ0) is 11.7. The number of aromatic nitrogens is 3. The summed E-state index contributed by atoms with van der Waals surface area (Å²) < 4.78 is 38.3. The van der Waals surface area contributed by atoms with E-state index in [9.17, 15) is 18.0 Å². The van der Waals surface area contributed by atoms with E-state index in [0.717, 1.165) is 6.07 Å². The van der Waals surface area contributed by atoms with E-state index in [2.05, 4.69) is 5.10 Å². The molecule has 2 rings (SSSR count). The first kappa shape index (κ1) is 10.5. The predicted molar refractivity (Wildman–Crippen MR) is 49.1 cm³/mol. The highest BCUT2D eigenvalue weighted by atomic mass is 19.3. The number of H-pyrrole nitrogens is 1. The van der Waals surface area contributed by atoms with Gasteiger partial charge in [0.05, 0.1) is 0 Å². The van der Waals surface area contributed by atoms with Gasteiger partial charge in [0.15, 0.2) is 5.82 Å².